The Balaban J connectivity index is 0.00000144. The van der Waals surface area contributed by atoms with Gasteiger partial charge in [0.15, 0.2) is 0 Å². The van der Waals surface area contributed by atoms with Gasteiger partial charge in [-0.2, -0.15) is 11.3 Å². The van der Waals surface area contributed by atoms with Crippen molar-refractivity contribution in [2.45, 2.75) is 19.8 Å². The number of aryl methyl sites for hydroxylation is 1. The summed E-state index contributed by atoms with van der Waals surface area (Å²) in [5, 5.41) is 10.3. The molecule has 1 aromatic rings. The lowest BCUT2D eigenvalue weighted by Gasteiger charge is -2.22. The highest BCUT2D eigenvalue weighted by molar-refractivity contribution is 7.08. The van der Waals surface area contributed by atoms with Gasteiger partial charge >= 0.3 is 0 Å². The first-order chi connectivity index (χ1) is 7.77. The zero-order valence-electron chi connectivity index (χ0n) is 9.99. The van der Waals surface area contributed by atoms with Gasteiger partial charge in [0.1, 0.15) is 0 Å². The third-order valence-corrected chi connectivity index (χ3v) is 3.91. The monoisotopic (exact) mass is 274 g/mol. The van der Waals surface area contributed by atoms with E-state index in [-0.39, 0.29) is 18.3 Å². The number of hydrogen-bond acceptors (Lipinski definition) is 3. The van der Waals surface area contributed by atoms with Gasteiger partial charge in [0, 0.05) is 11.9 Å². The fourth-order valence-electron chi connectivity index (χ4n) is 2.02. The van der Waals surface area contributed by atoms with Crippen molar-refractivity contribution in [3.63, 3.8) is 0 Å². The average molecular weight is 275 g/mol. The van der Waals surface area contributed by atoms with E-state index in [9.17, 15) is 4.79 Å². The minimum absolute atomic E-state index is 0. The molecular formula is C12H19ClN2OS. The van der Waals surface area contributed by atoms with Gasteiger partial charge in [-0.15, -0.1) is 12.4 Å². The second-order valence-corrected chi connectivity index (χ2v) is 5.13. The molecule has 0 saturated carbocycles. The minimum atomic E-state index is 0. The van der Waals surface area contributed by atoms with Crippen LogP contribution in [-0.2, 0) is 0 Å². The third kappa shape index (κ3) is 3.98. The van der Waals surface area contributed by atoms with Crippen LogP contribution in [0, 0.1) is 12.8 Å². The molecule has 96 valence electrons. The van der Waals surface area contributed by atoms with Gasteiger partial charge in [0.2, 0.25) is 0 Å². The summed E-state index contributed by atoms with van der Waals surface area (Å²) < 4.78 is 0. The van der Waals surface area contributed by atoms with Crippen LogP contribution in [0.1, 0.15) is 28.8 Å². The number of nitrogens with one attached hydrogen (secondary N) is 2. The van der Waals surface area contributed by atoms with Crippen LogP contribution in [0.3, 0.4) is 0 Å². The summed E-state index contributed by atoms with van der Waals surface area (Å²) in [6, 6.07) is 0. The molecule has 1 fully saturated rings. The quantitative estimate of drug-likeness (QED) is 0.887. The van der Waals surface area contributed by atoms with Gasteiger partial charge in [-0.1, -0.05) is 0 Å². The van der Waals surface area contributed by atoms with E-state index in [1.807, 2.05) is 17.7 Å². The molecule has 1 atom stereocenters. The highest BCUT2D eigenvalue weighted by Crippen LogP contribution is 2.14. The molecule has 17 heavy (non-hydrogen) atoms. The van der Waals surface area contributed by atoms with Gasteiger partial charge in [0.25, 0.3) is 5.91 Å². The lowest BCUT2D eigenvalue weighted by molar-refractivity contribution is 0.0944. The molecule has 1 aliphatic heterocycles. The van der Waals surface area contributed by atoms with Crippen molar-refractivity contribution in [1.29, 1.82) is 0 Å². The van der Waals surface area contributed by atoms with Gasteiger partial charge < -0.3 is 10.6 Å². The molecule has 0 aromatic carbocycles. The summed E-state index contributed by atoms with van der Waals surface area (Å²) >= 11 is 1.58. The Hall–Kier alpha value is -0.580. The van der Waals surface area contributed by atoms with Gasteiger partial charge in [0.05, 0.1) is 5.56 Å². The first-order valence-corrected chi connectivity index (χ1v) is 6.73. The summed E-state index contributed by atoms with van der Waals surface area (Å²) in [5.74, 6) is 0.668. The molecule has 2 rings (SSSR count). The van der Waals surface area contributed by atoms with E-state index in [1.54, 1.807) is 11.3 Å². The van der Waals surface area contributed by atoms with Crippen LogP contribution in [0.5, 0.6) is 0 Å². The summed E-state index contributed by atoms with van der Waals surface area (Å²) in [6.07, 6.45) is 2.44. The Kier molecular flexibility index (Phi) is 5.95. The largest absolute Gasteiger partial charge is 0.352 e. The molecule has 1 aliphatic rings. The molecule has 1 unspecified atom stereocenters. The maximum Gasteiger partial charge on any atom is 0.252 e. The molecule has 2 N–H and O–H groups in total. The van der Waals surface area contributed by atoms with Gasteiger partial charge in [-0.25, -0.2) is 0 Å². The molecule has 2 heterocycles. The Bertz CT molecular complexity index is 361. The maximum absolute atomic E-state index is 11.8. The number of amides is 1. The molecule has 0 radical (unpaired) electrons. The van der Waals surface area contributed by atoms with E-state index in [0.717, 1.165) is 30.8 Å². The molecule has 1 saturated heterocycles. The second-order valence-electron chi connectivity index (χ2n) is 4.39. The second kappa shape index (κ2) is 6.99. The SMILES string of the molecule is Cc1cscc1C(=O)NCC1CCCNC1.Cl. The van der Waals surface area contributed by atoms with Crippen molar-refractivity contribution < 1.29 is 4.79 Å². The van der Waals surface area contributed by atoms with E-state index in [1.165, 1.54) is 12.8 Å². The van der Waals surface area contributed by atoms with Crippen LogP contribution in [0.4, 0.5) is 0 Å². The molecule has 5 heteroatoms. The van der Waals surface area contributed by atoms with E-state index >= 15 is 0 Å². The Labute approximate surface area is 112 Å². The number of piperidine rings is 1. The number of carbonyl (C=O) groups excluding carboxylic acids is 1. The van der Waals surface area contributed by atoms with E-state index in [2.05, 4.69) is 10.6 Å². The summed E-state index contributed by atoms with van der Waals surface area (Å²) in [5.41, 5.74) is 1.90. The number of rotatable bonds is 3. The van der Waals surface area contributed by atoms with Crippen LogP contribution in [0.15, 0.2) is 10.8 Å². The zero-order chi connectivity index (χ0) is 11.4. The average Bonchev–Trinajstić information content (AvgIpc) is 2.74. The Morgan fingerprint density at radius 3 is 3.00 bits per heavy atom. The predicted molar refractivity (Wildman–Crippen MR) is 74.2 cm³/mol. The maximum atomic E-state index is 11.8. The van der Waals surface area contributed by atoms with Crippen LogP contribution in [-0.4, -0.2) is 25.5 Å². The lowest BCUT2D eigenvalue weighted by atomic mass is 9.99. The lowest BCUT2D eigenvalue weighted by Crippen LogP contribution is -2.38. The standard InChI is InChI=1S/C12H18N2OS.ClH/c1-9-7-16-8-11(9)12(15)14-6-10-3-2-4-13-5-10;/h7-8,10,13H,2-6H2,1H3,(H,14,15);1H. The fourth-order valence-corrected chi connectivity index (χ4v) is 2.85. The zero-order valence-corrected chi connectivity index (χ0v) is 11.6. The highest BCUT2D eigenvalue weighted by Gasteiger charge is 2.15. The molecule has 1 aromatic heterocycles. The summed E-state index contributed by atoms with van der Waals surface area (Å²) in [6.45, 7) is 4.92. The van der Waals surface area contributed by atoms with Crippen molar-refractivity contribution in [1.82, 2.24) is 10.6 Å². The summed E-state index contributed by atoms with van der Waals surface area (Å²) in [4.78, 5) is 11.8. The number of halogens is 1. The van der Waals surface area contributed by atoms with Crippen LogP contribution < -0.4 is 10.6 Å². The highest BCUT2D eigenvalue weighted by atomic mass is 35.5. The number of hydrogen-bond donors (Lipinski definition) is 2. The molecule has 0 aliphatic carbocycles. The smallest absolute Gasteiger partial charge is 0.252 e. The third-order valence-electron chi connectivity index (χ3n) is 3.05. The Morgan fingerprint density at radius 1 is 1.59 bits per heavy atom. The normalized spacial score (nSPS) is 19.5. The van der Waals surface area contributed by atoms with Crippen LogP contribution in [0.2, 0.25) is 0 Å². The van der Waals surface area contributed by atoms with Crippen LogP contribution >= 0.6 is 23.7 Å². The van der Waals surface area contributed by atoms with Crippen molar-refractivity contribution in [3.8, 4) is 0 Å². The fraction of sp³-hybridized carbons (Fsp3) is 0.583. The van der Waals surface area contributed by atoms with Crippen molar-refractivity contribution >= 4 is 29.7 Å². The van der Waals surface area contributed by atoms with E-state index in [0.29, 0.717) is 5.92 Å². The molecule has 0 spiro atoms. The minimum Gasteiger partial charge on any atom is -0.352 e. The molecular weight excluding hydrogens is 256 g/mol. The molecule has 1 amide bonds. The molecule has 3 nitrogen and oxygen atoms in total. The first-order valence-electron chi connectivity index (χ1n) is 5.79. The summed E-state index contributed by atoms with van der Waals surface area (Å²) in [7, 11) is 0. The number of carbonyl (C=O) groups is 1. The topological polar surface area (TPSA) is 41.1 Å². The van der Waals surface area contributed by atoms with Gasteiger partial charge in [-0.05, 0) is 49.7 Å². The van der Waals surface area contributed by atoms with E-state index in [4.69, 9.17) is 0 Å². The van der Waals surface area contributed by atoms with Crippen LogP contribution in [0.25, 0.3) is 0 Å². The number of thiophene rings is 1. The van der Waals surface area contributed by atoms with Gasteiger partial charge in [-0.3, -0.25) is 4.79 Å². The van der Waals surface area contributed by atoms with Crippen molar-refractivity contribution in [2.24, 2.45) is 5.92 Å². The molecule has 0 bridgehead atoms. The van der Waals surface area contributed by atoms with Crippen molar-refractivity contribution in [2.75, 3.05) is 19.6 Å². The van der Waals surface area contributed by atoms with Crippen molar-refractivity contribution in [3.05, 3.63) is 21.9 Å². The van der Waals surface area contributed by atoms with E-state index < -0.39 is 0 Å². The first kappa shape index (κ1) is 14.5. The predicted octanol–water partition coefficient (Wildman–Crippen LogP) is 2.21. The Morgan fingerprint density at radius 2 is 2.41 bits per heavy atom.